The normalized spacial score (nSPS) is 13.6. The molecule has 6 heteroatoms. The highest BCUT2D eigenvalue weighted by Gasteiger charge is 2.27. The summed E-state index contributed by atoms with van der Waals surface area (Å²) in [5, 5.41) is 0.130. The van der Waals surface area contributed by atoms with E-state index in [9.17, 15) is 9.46 Å². The topological polar surface area (TPSA) is 65.0 Å². The minimum Gasteiger partial charge on any atom is -0.456 e. The van der Waals surface area contributed by atoms with Crippen LogP contribution in [0.15, 0.2) is 54.6 Å². The first-order valence-electron chi connectivity index (χ1n) is 6.42. The summed E-state index contributed by atoms with van der Waals surface area (Å²) in [4.78, 5) is 10.1. The van der Waals surface area contributed by atoms with Crippen LogP contribution in [-0.4, -0.2) is 25.2 Å². The van der Waals surface area contributed by atoms with Crippen LogP contribution in [0.4, 0.5) is 0 Å². The minimum atomic E-state index is -3.95. The monoisotopic (exact) mass is 308 g/mol. The maximum absolute atomic E-state index is 12.3. The van der Waals surface area contributed by atoms with E-state index in [2.05, 4.69) is 0 Å². The van der Waals surface area contributed by atoms with Gasteiger partial charge in [0.25, 0.3) is 0 Å². The van der Waals surface area contributed by atoms with Crippen molar-refractivity contribution in [2.24, 2.45) is 0 Å². The molecule has 2 aromatic carbocycles. The van der Waals surface area contributed by atoms with Crippen LogP contribution in [0.3, 0.4) is 0 Å². The summed E-state index contributed by atoms with van der Waals surface area (Å²) in [7, 11) is -2.46. The molecule has 0 heterocycles. The van der Waals surface area contributed by atoms with Crippen molar-refractivity contribution in [3.63, 3.8) is 0 Å². The maximum Gasteiger partial charge on any atom is 0.362 e. The summed E-state index contributed by atoms with van der Waals surface area (Å²) in [5.41, 5.74) is 0. The number of benzene rings is 2. The van der Waals surface area contributed by atoms with Gasteiger partial charge in [-0.1, -0.05) is 30.3 Å². The Morgan fingerprint density at radius 1 is 1.00 bits per heavy atom. The number of ether oxygens (including phenoxy) is 2. The predicted octanol–water partition coefficient (Wildman–Crippen LogP) is 2.95. The highest BCUT2D eigenvalue weighted by Crippen LogP contribution is 2.44. The maximum atomic E-state index is 12.3. The Morgan fingerprint density at radius 2 is 1.67 bits per heavy atom. The molecule has 0 saturated heterocycles. The van der Waals surface area contributed by atoms with Crippen molar-refractivity contribution in [1.82, 2.24) is 0 Å². The molecule has 1 N–H and O–H groups in total. The summed E-state index contributed by atoms with van der Waals surface area (Å²) in [6.07, 6.45) is 0. The molecule has 2 aromatic rings. The third-order valence-electron chi connectivity index (χ3n) is 2.69. The number of hydrogen-bond donors (Lipinski definition) is 1. The molecule has 21 heavy (non-hydrogen) atoms. The van der Waals surface area contributed by atoms with E-state index < -0.39 is 7.60 Å². The zero-order valence-electron chi connectivity index (χ0n) is 11.6. The lowest BCUT2D eigenvalue weighted by atomic mass is 10.3. The summed E-state index contributed by atoms with van der Waals surface area (Å²) < 4.78 is 27.8. The first-order chi connectivity index (χ1) is 10.1. The molecule has 0 saturated carbocycles. The van der Waals surface area contributed by atoms with Crippen molar-refractivity contribution < 1.29 is 23.5 Å². The molecule has 0 aliphatic carbocycles. The van der Waals surface area contributed by atoms with E-state index in [1.54, 1.807) is 30.3 Å². The van der Waals surface area contributed by atoms with Gasteiger partial charge < -0.3 is 18.9 Å². The molecule has 0 aliphatic rings. The number of hydrogen-bond acceptors (Lipinski definition) is 4. The lowest BCUT2D eigenvalue weighted by Gasteiger charge is -2.16. The largest absolute Gasteiger partial charge is 0.456 e. The summed E-state index contributed by atoms with van der Waals surface area (Å²) in [6, 6.07) is 15.6. The van der Waals surface area contributed by atoms with Crippen LogP contribution in [0, 0.1) is 0 Å². The van der Waals surface area contributed by atoms with Gasteiger partial charge in [0.2, 0.25) is 0 Å². The lowest BCUT2D eigenvalue weighted by molar-refractivity contribution is 0.140. The zero-order valence-corrected chi connectivity index (χ0v) is 12.5. The summed E-state index contributed by atoms with van der Waals surface area (Å²) in [5.74, 6) is 0.883. The molecule has 1 atom stereocenters. The zero-order chi connectivity index (χ0) is 15.1. The van der Waals surface area contributed by atoms with Gasteiger partial charge in [-0.2, -0.15) is 0 Å². The average Bonchev–Trinajstić information content (AvgIpc) is 2.49. The molecule has 5 nitrogen and oxygen atoms in total. The summed E-state index contributed by atoms with van der Waals surface area (Å²) >= 11 is 0. The Balaban J connectivity index is 2.22. The molecule has 1 unspecified atom stereocenters. The van der Waals surface area contributed by atoms with Crippen molar-refractivity contribution in [3.05, 3.63) is 54.6 Å². The van der Waals surface area contributed by atoms with E-state index >= 15 is 0 Å². The van der Waals surface area contributed by atoms with Gasteiger partial charge in [-0.25, -0.2) is 0 Å². The molecular formula is C15H17O5P. The van der Waals surface area contributed by atoms with Crippen molar-refractivity contribution in [3.8, 4) is 11.5 Å². The van der Waals surface area contributed by atoms with Gasteiger partial charge in [-0.15, -0.1) is 0 Å². The predicted molar refractivity (Wildman–Crippen MR) is 80.2 cm³/mol. The van der Waals surface area contributed by atoms with E-state index in [1.807, 2.05) is 18.2 Å². The standard InChI is InChI=1S/C15H17O5P/c1-18-11-12-19-21(16,17)15-10-6-5-9-14(15)20-13-7-3-2-4-8-13/h2-10H,11-12H2,1H3,(H,16,17). The molecule has 2 rings (SSSR count). The third-order valence-corrected chi connectivity index (χ3v) is 4.21. The van der Waals surface area contributed by atoms with E-state index in [0.717, 1.165) is 0 Å². The van der Waals surface area contributed by atoms with Crippen molar-refractivity contribution in [2.75, 3.05) is 20.3 Å². The van der Waals surface area contributed by atoms with Gasteiger partial charge >= 0.3 is 7.60 Å². The molecule has 0 spiro atoms. The molecule has 0 radical (unpaired) electrons. The minimum absolute atomic E-state index is 0.0317. The molecular weight excluding hydrogens is 291 g/mol. The van der Waals surface area contributed by atoms with E-state index in [-0.39, 0.29) is 18.5 Å². The van der Waals surface area contributed by atoms with Crippen LogP contribution in [0.25, 0.3) is 0 Å². The SMILES string of the molecule is COCCOP(=O)(O)c1ccccc1Oc1ccccc1. The first-order valence-corrected chi connectivity index (χ1v) is 8.00. The number of rotatable bonds is 7. The Bertz CT molecular complexity index is 614. The highest BCUT2D eigenvalue weighted by atomic mass is 31.2. The fourth-order valence-corrected chi connectivity index (χ4v) is 2.84. The Labute approximate surface area is 123 Å². The van der Waals surface area contributed by atoms with Gasteiger partial charge in [-0.3, -0.25) is 4.57 Å². The number of para-hydroxylation sites is 2. The molecule has 112 valence electrons. The van der Waals surface area contributed by atoms with Crippen molar-refractivity contribution in [1.29, 1.82) is 0 Å². The Hall–Kier alpha value is -1.65. The van der Waals surface area contributed by atoms with Crippen LogP contribution >= 0.6 is 7.60 Å². The second-order valence-electron chi connectivity index (χ2n) is 4.23. The van der Waals surface area contributed by atoms with Gasteiger partial charge in [0.05, 0.1) is 13.2 Å². The van der Waals surface area contributed by atoms with Gasteiger partial charge in [0.15, 0.2) is 0 Å². The van der Waals surface area contributed by atoms with Crippen molar-refractivity contribution >= 4 is 12.9 Å². The number of methoxy groups -OCH3 is 1. The van der Waals surface area contributed by atoms with Gasteiger partial charge in [0.1, 0.15) is 16.8 Å². The van der Waals surface area contributed by atoms with Crippen LogP contribution in [0.5, 0.6) is 11.5 Å². The molecule has 0 aliphatic heterocycles. The van der Waals surface area contributed by atoms with E-state index in [4.69, 9.17) is 14.0 Å². The smallest absolute Gasteiger partial charge is 0.362 e. The van der Waals surface area contributed by atoms with Gasteiger partial charge in [-0.05, 0) is 24.3 Å². The van der Waals surface area contributed by atoms with Crippen LogP contribution in [0.2, 0.25) is 0 Å². The molecule has 0 aromatic heterocycles. The molecule has 0 amide bonds. The molecule has 0 fully saturated rings. The van der Waals surface area contributed by atoms with Crippen LogP contribution in [-0.2, 0) is 13.8 Å². The van der Waals surface area contributed by atoms with Crippen molar-refractivity contribution in [2.45, 2.75) is 0 Å². The second-order valence-corrected chi connectivity index (χ2v) is 6.01. The van der Waals surface area contributed by atoms with Crippen LogP contribution < -0.4 is 10.0 Å². The third kappa shape index (κ3) is 4.41. The van der Waals surface area contributed by atoms with Crippen LogP contribution in [0.1, 0.15) is 0 Å². The first kappa shape index (κ1) is 15.7. The van der Waals surface area contributed by atoms with E-state index in [0.29, 0.717) is 11.5 Å². The molecule has 0 bridgehead atoms. The second kappa shape index (κ2) is 7.38. The lowest BCUT2D eigenvalue weighted by Crippen LogP contribution is -2.12. The fourth-order valence-electron chi connectivity index (χ4n) is 1.71. The highest BCUT2D eigenvalue weighted by molar-refractivity contribution is 7.61. The van der Waals surface area contributed by atoms with E-state index in [1.165, 1.54) is 13.2 Å². The fraction of sp³-hybridized carbons (Fsp3) is 0.200. The average molecular weight is 308 g/mol. The Morgan fingerprint density at radius 3 is 2.38 bits per heavy atom. The van der Waals surface area contributed by atoms with Gasteiger partial charge in [0, 0.05) is 7.11 Å². The quantitative estimate of drug-likeness (QED) is 0.629. The summed E-state index contributed by atoms with van der Waals surface area (Å²) in [6.45, 7) is 0.274. The Kier molecular flexibility index (Phi) is 5.53.